The summed E-state index contributed by atoms with van der Waals surface area (Å²) >= 11 is 0. The van der Waals surface area contributed by atoms with E-state index < -0.39 is 0 Å². The minimum Gasteiger partial charge on any atom is -0.298 e. The van der Waals surface area contributed by atoms with Gasteiger partial charge in [0.2, 0.25) is 0 Å². The zero-order valence-corrected chi connectivity index (χ0v) is 9.64. The Balaban J connectivity index is 3.03. The van der Waals surface area contributed by atoms with Crippen molar-refractivity contribution in [3.63, 3.8) is 0 Å². The molecule has 0 aliphatic carbocycles. The quantitative estimate of drug-likeness (QED) is 0.573. The van der Waals surface area contributed by atoms with E-state index in [1.165, 1.54) is 0 Å². The lowest BCUT2D eigenvalue weighted by Crippen LogP contribution is -2.62. The van der Waals surface area contributed by atoms with Crippen LogP contribution in [-0.2, 0) is 4.79 Å². The van der Waals surface area contributed by atoms with Crippen LogP contribution in [0.2, 0.25) is 0 Å². The topological polar surface area (TPSA) is 20.3 Å². The number of carbonyl (C=O) groups excluding carboxylic acids is 1. The summed E-state index contributed by atoms with van der Waals surface area (Å²) in [7, 11) is 2.05. The highest BCUT2D eigenvalue weighted by Gasteiger charge is 2.48. The molecule has 1 fully saturated rings. The highest BCUT2D eigenvalue weighted by atomic mass is 16.1. The third-order valence-electron chi connectivity index (χ3n) is 4.20. The van der Waals surface area contributed by atoms with Crippen LogP contribution < -0.4 is 0 Å². The van der Waals surface area contributed by atoms with Crippen molar-refractivity contribution < 1.29 is 4.79 Å². The molecule has 2 heteroatoms. The van der Waals surface area contributed by atoms with Crippen LogP contribution in [0.5, 0.6) is 0 Å². The Morgan fingerprint density at radius 3 is 2.23 bits per heavy atom. The molecule has 2 nitrogen and oxygen atoms in total. The first-order chi connectivity index (χ1) is 5.70. The van der Waals surface area contributed by atoms with Gasteiger partial charge in [-0.25, -0.2) is 0 Å². The van der Waals surface area contributed by atoms with Gasteiger partial charge < -0.3 is 0 Å². The van der Waals surface area contributed by atoms with Gasteiger partial charge in [-0.1, -0.05) is 13.8 Å². The number of hydrogen-bond donors (Lipinski definition) is 0. The molecule has 0 N–H and O–H groups in total. The maximum Gasteiger partial charge on any atom is 0.150 e. The number of hydrogen-bond acceptors (Lipinski definition) is 2. The van der Waals surface area contributed by atoms with Crippen LogP contribution in [0.15, 0.2) is 0 Å². The minimum absolute atomic E-state index is 0.0722. The molecule has 1 unspecified atom stereocenters. The number of nitrogens with zero attached hydrogens (tertiary/aromatic N) is 1. The average Bonchev–Trinajstić information content (AvgIpc) is 1.98. The van der Waals surface area contributed by atoms with Crippen molar-refractivity contribution in [1.29, 1.82) is 0 Å². The first-order valence-corrected chi connectivity index (χ1v) is 4.96. The number of piperidine rings is 1. The molecule has 1 heterocycles. The van der Waals surface area contributed by atoms with Gasteiger partial charge in [0, 0.05) is 12.0 Å². The van der Waals surface area contributed by atoms with Crippen LogP contribution in [0.4, 0.5) is 0 Å². The maximum absolute atomic E-state index is 11.7. The van der Waals surface area contributed by atoms with Crippen LogP contribution in [0, 0.1) is 5.41 Å². The molecule has 1 rings (SSSR count). The van der Waals surface area contributed by atoms with Crippen LogP contribution >= 0.6 is 0 Å². The number of ketones is 1. The van der Waals surface area contributed by atoms with Crippen LogP contribution in [0.3, 0.4) is 0 Å². The second kappa shape index (κ2) is 2.81. The fourth-order valence-electron chi connectivity index (χ4n) is 1.98. The van der Waals surface area contributed by atoms with E-state index >= 15 is 0 Å². The summed E-state index contributed by atoms with van der Waals surface area (Å²) in [5, 5.41) is 0. The van der Waals surface area contributed by atoms with Gasteiger partial charge in [-0.3, -0.25) is 9.69 Å². The Hall–Kier alpha value is -0.370. The fraction of sp³-hybridized carbons (Fsp3) is 0.909. The molecular formula is C11H21NO. The maximum atomic E-state index is 11.7. The third-order valence-corrected chi connectivity index (χ3v) is 4.20. The Morgan fingerprint density at radius 2 is 1.77 bits per heavy atom. The van der Waals surface area contributed by atoms with E-state index in [0.717, 1.165) is 0 Å². The van der Waals surface area contributed by atoms with Gasteiger partial charge in [-0.05, 0) is 33.2 Å². The second-order valence-corrected chi connectivity index (χ2v) is 5.37. The van der Waals surface area contributed by atoms with E-state index in [2.05, 4.69) is 32.6 Å². The summed E-state index contributed by atoms with van der Waals surface area (Å²) in [5.74, 6) is 0.367. The van der Waals surface area contributed by atoms with Crippen molar-refractivity contribution in [2.75, 3.05) is 7.05 Å². The molecule has 0 radical (unpaired) electrons. The molecule has 0 saturated carbocycles. The first kappa shape index (κ1) is 10.7. The highest BCUT2D eigenvalue weighted by Crippen LogP contribution is 2.43. The van der Waals surface area contributed by atoms with Crippen LogP contribution in [-0.4, -0.2) is 29.3 Å². The van der Waals surface area contributed by atoms with Gasteiger partial charge in [0.25, 0.3) is 0 Å². The summed E-state index contributed by atoms with van der Waals surface area (Å²) in [5.41, 5.74) is 0.172. The summed E-state index contributed by atoms with van der Waals surface area (Å²) in [6.07, 6.45) is 0.700. The molecule has 0 bridgehead atoms. The van der Waals surface area contributed by atoms with E-state index in [-0.39, 0.29) is 17.0 Å². The number of likely N-dealkylation sites (tertiary alicyclic amines) is 1. The molecule has 0 spiro atoms. The summed E-state index contributed by atoms with van der Waals surface area (Å²) in [4.78, 5) is 13.9. The van der Waals surface area contributed by atoms with Gasteiger partial charge in [-0.2, -0.15) is 0 Å². The standard InChI is InChI=1S/C11H21NO/c1-8-9(13)7-10(2,3)11(4,5)12(8)6/h8H,7H2,1-6H3. The second-order valence-electron chi connectivity index (χ2n) is 5.37. The number of carbonyl (C=O) groups is 1. The van der Waals surface area contributed by atoms with E-state index in [1.54, 1.807) is 0 Å². The van der Waals surface area contributed by atoms with Crippen LogP contribution in [0.1, 0.15) is 41.0 Å². The largest absolute Gasteiger partial charge is 0.298 e. The molecule has 1 aliphatic rings. The molecule has 0 aromatic carbocycles. The Kier molecular flexibility index (Phi) is 2.31. The summed E-state index contributed by atoms with van der Waals surface area (Å²) < 4.78 is 0. The fourth-order valence-corrected chi connectivity index (χ4v) is 1.98. The van der Waals surface area contributed by atoms with Crippen molar-refractivity contribution in [2.24, 2.45) is 5.41 Å². The minimum atomic E-state index is 0.0722. The molecule has 0 aromatic rings. The molecule has 1 aliphatic heterocycles. The molecule has 13 heavy (non-hydrogen) atoms. The first-order valence-electron chi connectivity index (χ1n) is 4.96. The molecule has 76 valence electrons. The molecule has 1 atom stereocenters. The van der Waals surface area contributed by atoms with Crippen molar-refractivity contribution in [2.45, 2.75) is 52.6 Å². The van der Waals surface area contributed by atoms with Crippen molar-refractivity contribution in [3.05, 3.63) is 0 Å². The van der Waals surface area contributed by atoms with Crippen molar-refractivity contribution >= 4 is 5.78 Å². The lowest BCUT2D eigenvalue weighted by atomic mass is 9.66. The smallest absolute Gasteiger partial charge is 0.150 e. The van der Waals surface area contributed by atoms with Gasteiger partial charge in [0.1, 0.15) is 5.78 Å². The van der Waals surface area contributed by atoms with Gasteiger partial charge in [0.05, 0.1) is 6.04 Å². The summed E-state index contributed by atoms with van der Waals surface area (Å²) in [6, 6.07) is 0.0722. The monoisotopic (exact) mass is 183 g/mol. The zero-order chi connectivity index (χ0) is 10.4. The Morgan fingerprint density at radius 1 is 1.31 bits per heavy atom. The van der Waals surface area contributed by atoms with E-state index in [1.807, 2.05) is 14.0 Å². The van der Waals surface area contributed by atoms with Crippen molar-refractivity contribution in [3.8, 4) is 0 Å². The van der Waals surface area contributed by atoms with Gasteiger partial charge >= 0.3 is 0 Å². The SMILES string of the molecule is CC1C(=O)CC(C)(C)C(C)(C)N1C. The van der Waals surface area contributed by atoms with Gasteiger partial charge in [0.15, 0.2) is 0 Å². The van der Waals surface area contributed by atoms with E-state index in [0.29, 0.717) is 12.2 Å². The molecule has 0 aromatic heterocycles. The molecular weight excluding hydrogens is 162 g/mol. The average molecular weight is 183 g/mol. The zero-order valence-electron chi connectivity index (χ0n) is 9.64. The third kappa shape index (κ3) is 1.41. The molecule has 0 amide bonds. The van der Waals surface area contributed by atoms with Crippen LogP contribution in [0.25, 0.3) is 0 Å². The van der Waals surface area contributed by atoms with Crippen molar-refractivity contribution in [1.82, 2.24) is 4.90 Å². The highest BCUT2D eigenvalue weighted by molar-refractivity contribution is 5.85. The number of rotatable bonds is 0. The van der Waals surface area contributed by atoms with E-state index in [4.69, 9.17) is 0 Å². The van der Waals surface area contributed by atoms with E-state index in [9.17, 15) is 4.79 Å². The Bertz CT molecular complexity index is 230. The Labute approximate surface area is 81.3 Å². The number of likely N-dealkylation sites (N-methyl/N-ethyl adjacent to an activating group) is 1. The lowest BCUT2D eigenvalue weighted by Gasteiger charge is -2.54. The predicted molar refractivity (Wildman–Crippen MR) is 54.7 cm³/mol. The predicted octanol–water partition coefficient (Wildman–Crippen LogP) is 2.08. The normalized spacial score (nSPS) is 33.4. The lowest BCUT2D eigenvalue weighted by molar-refractivity contribution is -0.140. The summed E-state index contributed by atoms with van der Waals surface area (Å²) in [6.45, 7) is 10.8. The number of Topliss-reactive ketones (excluding diaryl/α,β-unsaturated/α-hetero) is 1. The van der Waals surface area contributed by atoms with Gasteiger partial charge in [-0.15, -0.1) is 0 Å². The molecule has 1 saturated heterocycles.